The normalized spacial score (nSPS) is 13.4. The van der Waals surface area contributed by atoms with Crippen LogP contribution in [-0.2, 0) is 19.4 Å². The number of nitrogens with two attached hydrogens (primary N) is 1. The van der Waals surface area contributed by atoms with E-state index in [2.05, 4.69) is 9.97 Å². The second-order valence-electron chi connectivity index (χ2n) is 4.86. The van der Waals surface area contributed by atoms with E-state index < -0.39 is 0 Å². The van der Waals surface area contributed by atoms with Gasteiger partial charge in [0.25, 0.3) is 0 Å². The standard InChI is InChI=1S/C15H17N3O/c1-10-5-6-11(8-16)7-14(10)19-15-12-3-2-4-13(12)17-9-18-15/h5-7,9H,2-4,8,16H2,1H3. The second kappa shape index (κ2) is 4.97. The smallest absolute Gasteiger partial charge is 0.225 e. The molecule has 1 aliphatic rings. The lowest BCUT2D eigenvalue weighted by Gasteiger charge is -2.11. The summed E-state index contributed by atoms with van der Waals surface area (Å²) in [5.41, 5.74) is 10.1. The highest BCUT2D eigenvalue weighted by atomic mass is 16.5. The molecule has 1 heterocycles. The lowest BCUT2D eigenvalue weighted by atomic mass is 10.1. The van der Waals surface area contributed by atoms with E-state index in [1.807, 2.05) is 25.1 Å². The predicted octanol–water partition coefficient (Wildman–Crippen LogP) is 2.52. The number of hydrogen-bond donors (Lipinski definition) is 1. The van der Waals surface area contributed by atoms with Crippen LogP contribution in [0.2, 0.25) is 0 Å². The van der Waals surface area contributed by atoms with Gasteiger partial charge < -0.3 is 10.5 Å². The SMILES string of the molecule is Cc1ccc(CN)cc1Oc1ncnc2c1CCC2. The molecular weight excluding hydrogens is 238 g/mol. The summed E-state index contributed by atoms with van der Waals surface area (Å²) in [6, 6.07) is 6.03. The zero-order chi connectivity index (χ0) is 13.2. The van der Waals surface area contributed by atoms with Gasteiger partial charge in [-0.3, -0.25) is 0 Å². The van der Waals surface area contributed by atoms with Gasteiger partial charge >= 0.3 is 0 Å². The molecule has 2 aromatic rings. The Labute approximate surface area is 112 Å². The van der Waals surface area contributed by atoms with Crippen molar-refractivity contribution in [2.45, 2.75) is 32.7 Å². The molecule has 0 bridgehead atoms. The fourth-order valence-electron chi connectivity index (χ4n) is 2.40. The van der Waals surface area contributed by atoms with Crippen LogP contribution >= 0.6 is 0 Å². The first-order valence-corrected chi connectivity index (χ1v) is 6.58. The molecule has 0 aliphatic heterocycles. The number of rotatable bonds is 3. The molecule has 0 spiro atoms. The van der Waals surface area contributed by atoms with Crippen molar-refractivity contribution < 1.29 is 4.74 Å². The molecule has 4 heteroatoms. The Bertz CT molecular complexity index is 610. The van der Waals surface area contributed by atoms with Crippen molar-refractivity contribution in [2.75, 3.05) is 0 Å². The van der Waals surface area contributed by atoms with Crippen LogP contribution in [0.5, 0.6) is 11.6 Å². The highest BCUT2D eigenvalue weighted by molar-refractivity contribution is 5.42. The average Bonchev–Trinajstić information content (AvgIpc) is 2.90. The minimum Gasteiger partial charge on any atom is -0.438 e. The van der Waals surface area contributed by atoms with Gasteiger partial charge in [0.05, 0.1) is 5.69 Å². The molecule has 0 radical (unpaired) electrons. The Kier molecular flexibility index (Phi) is 3.17. The zero-order valence-corrected chi connectivity index (χ0v) is 11.0. The van der Waals surface area contributed by atoms with E-state index in [1.165, 1.54) is 0 Å². The minimum absolute atomic E-state index is 0.512. The van der Waals surface area contributed by atoms with E-state index in [0.29, 0.717) is 12.4 Å². The van der Waals surface area contributed by atoms with E-state index in [9.17, 15) is 0 Å². The summed E-state index contributed by atoms with van der Waals surface area (Å²) in [6.07, 6.45) is 4.74. The fourth-order valence-corrected chi connectivity index (χ4v) is 2.40. The van der Waals surface area contributed by atoms with Gasteiger partial charge in [-0.15, -0.1) is 0 Å². The van der Waals surface area contributed by atoms with Gasteiger partial charge in [-0.2, -0.15) is 0 Å². The summed E-state index contributed by atoms with van der Waals surface area (Å²) in [5, 5.41) is 0. The van der Waals surface area contributed by atoms with E-state index in [4.69, 9.17) is 10.5 Å². The third-order valence-corrected chi connectivity index (χ3v) is 3.53. The second-order valence-corrected chi connectivity index (χ2v) is 4.86. The number of benzene rings is 1. The first-order chi connectivity index (χ1) is 9.28. The van der Waals surface area contributed by atoms with E-state index in [1.54, 1.807) is 6.33 Å². The number of nitrogens with zero attached hydrogens (tertiary/aromatic N) is 2. The molecule has 0 amide bonds. The Morgan fingerprint density at radius 1 is 1.26 bits per heavy atom. The molecule has 98 valence electrons. The van der Waals surface area contributed by atoms with Crippen molar-refractivity contribution in [3.63, 3.8) is 0 Å². The molecule has 0 fully saturated rings. The van der Waals surface area contributed by atoms with Crippen LogP contribution in [-0.4, -0.2) is 9.97 Å². The Balaban J connectivity index is 1.96. The van der Waals surface area contributed by atoms with Crippen LogP contribution in [0.15, 0.2) is 24.5 Å². The Morgan fingerprint density at radius 2 is 2.16 bits per heavy atom. The third-order valence-electron chi connectivity index (χ3n) is 3.53. The zero-order valence-electron chi connectivity index (χ0n) is 11.0. The summed E-state index contributed by atoms with van der Waals surface area (Å²) in [6.45, 7) is 2.54. The van der Waals surface area contributed by atoms with Crippen molar-refractivity contribution in [3.8, 4) is 11.6 Å². The molecule has 0 saturated carbocycles. The minimum atomic E-state index is 0.512. The van der Waals surface area contributed by atoms with E-state index in [-0.39, 0.29) is 0 Å². The quantitative estimate of drug-likeness (QED) is 0.915. The Hall–Kier alpha value is -1.94. The summed E-state index contributed by atoms with van der Waals surface area (Å²) >= 11 is 0. The maximum absolute atomic E-state index is 5.99. The summed E-state index contributed by atoms with van der Waals surface area (Å²) in [5.74, 6) is 1.52. The highest BCUT2D eigenvalue weighted by Gasteiger charge is 2.18. The highest BCUT2D eigenvalue weighted by Crippen LogP contribution is 2.31. The van der Waals surface area contributed by atoms with Crippen LogP contribution in [0.3, 0.4) is 0 Å². The van der Waals surface area contributed by atoms with Crippen LogP contribution in [0.25, 0.3) is 0 Å². The summed E-state index contributed by atoms with van der Waals surface area (Å²) in [7, 11) is 0. The van der Waals surface area contributed by atoms with Gasteiger partial charge in [0, 0.05) is 12.1 Å². The maximum atomic E-state index is 5.99. The monoisotopic (exact) mass is 255 g/mol. The Morgan fingerprint density at radius 3 is 3.00 bits per heavy atom. The first-order valence-electron chi connectivity index (χ1n) is 6.58. The maximum Gasteiger partial charge on any atom is 0.225 e. The molecule has 0 unspecified atom stereocenters. The summed E-state index contributed by atoms with van der Waals surface area (Å²) in [4.78, 5) is 8.58. The van der Waals surface area contributed by atoms with Crippen molar-refractivity contribution in [1.82, 2.24) is 9.97 Å². The van der Waals surface area contributed by atoms with Gasteiger partial charge in [0.1, 0.15) is 12.1 Å². The van der Waals surface area contributed by atoms with Crippen molar-refractivity contribution in [1.29, 1.82) is 0 Å². The topological polar surface area (TPSA) is 61.0 Å². The van der Waals surface area contributed by atoms with Gasteiger partial charge in [0.15, 0.2) is 0 Å². The number of aromatic nitrogens is 2. The van der Waals surface area contributed by atoms with Crippen LogP contribution < -0.4 is 10.5 Å². The third kappa shape index (κ3) is 2.31. The van der Waals surface area contributed by atoms with Crippen molar-refractivity contribution in [2.24, 2.45) is 5.73 Å². The first kappa shape index (κ1) is 12.1. The molecule has 4 nitrogen and oxygen atoms in total. The average molecular weight is 255 g/mol. The number of ether oxygens (including phenoxy) is 1. The van der Waals surface area contributed by atoms with Crippen LogP contribution in [0.4, 0.5) is 0 Å². The van der Waals surface area contributed by atoms with Gasteiger partial charge in [-0.1, -0.05) is 12.1 Å². The van der Waals surface area contributed by atoms with Crippen LogP contribution in [0, 0.1) is 6.92 Å². The van der Waals surface area contributed by atoms with E-state index in [0.717, 1.165) is 47.4 Å². The molecule has 0 atom stereocenters. The summed E-state index contributed by atoms with van der Waals surface area (Å²) < 4.78 is 5.99. The van der Waals surface area contributed by atoms with Gasteiger partial charge in [-0.25, -0.2) is 9.97 Å². The molecule has 0 saturated heterocycles. The number of hydrogen-bond acceptors (Lipinski definition) is 4. The predicted molar refractivity (Wildman–Crippen MR) is 73.2 cm³/mol. The fraction of sp³-hybridized carbons (Fsp3) is 0.333. The lowest BCUT2D eigenvalue weighted by molar-refractivity contribution is 0.451. The number of fused-ring (bicyclic) bond motifs is 1. The molecule has 1 aromatic heterocycles. The van der Waals surface area contributed by atoms with Crippen molar-refractivity contribution >= 4 is 0 Å². The van der Waals surface area contributed by atoms with Crippen LogP contribution in [0.1, 0.15) is 28.8 Å². The van der Waals surface area contributed by atoms with Gasteiger partial charge in [0.2, 0.25) is 5.88 Å². The molecule has 2 N–H and O–H groups in total. The van der Waals surface area contributed by atoms with E-state index >= 15 is 0 Å². The molecular formula is C15H17N3O. The number of aryl methyl sites for hydroxylation is 2. The van der Waals surface area contributed by atoms with Gasteiger partial charge in [-0.05, 0) is 43.4 Å². The molecule has 1 aromatic carbocycles. The molecule has 1 aliphatic carbocycles. The molecule has 19 heavy (non-hydrogen) atoms. The van der Waals surface area contributed by atoms with Crippen molar-refractivity contribution in [3.05, 3.63) is 46.9 Å². The lowest BCUT2D eigenvalue weighted by Crippen LogP contribution is -2.00. The molecule has 3 rings (SSSR count). The largest absolute Gasteiger partial charge is 0.438 e.